The van der Waals surface area contributed by atoms with E-state index in [0.717, 1.165) is 6.07 Å². The van der Waals surface area contributed by atoms with Crippen molar-refractivity contribution in [3.63, 3.8) is 0 Å². The maximum absolute atomic E-state index is 12.6. The fourth-order valence-electron chi connectivity index (χ4n) is 0.641. The van der Waals surface area contributed by atoms with Gasteiger partial charge in [-0.05, 0) is 12.1 Å². The molecule has 1 aromatic carbocycles. The van der Waals surface area contributed by atoms with Crippen molar-refractivity contribution in [1.29, 1.82) is 0 Å². The van der Waals surface area contributed by atoms with E-state index < -0.39 is 12.6 Å². The van der Waals surface area contributed by atoms with Crippen LogP contribution >= 0.6 is 11.6 Å². The molecule has 0 saturated carbocycles. The average molecular weight is 177 g/mol. The first kappa shape index (κ1) is 8.30. The summed E-state index contributed by atoms with van der Waals surface area (Å²) in [5.41, 5.74) is 0. The van der Waals surface area contributed by atoms with Gasteiger partial charge in [-0.25, -0.2) is 4.39 Å². The summed E-state index contributed by atoms with van der Waals surface area (Å²) in [6.45, 7) is -0.471. The summed E-state index contributed by atoms with van der Waals surface area (Å²) in [6.07, 6.45) is 0. The molecule has 11 heavy (non-hydrogen) atoms. The molecule has 0 amide bonds. The van der Waals surface area contributed by atoms with E-state index >= 15 is 0 Å². The number of halogens is 2. The first-order chi connectivity index (χ1) is 5.24. The molecular formula is C7H6ClFO2. The third-order valence-electron chi connectivity index (χ3n) is 1.12. The second-order valence-electron chi connectivity index (χ2n) is 1.85. The monoisotopic (exact) mass is 176 g/mol. The quantitative estimate of drug-likeness (QED) is 0.697. The largest absolute Gasteiger partial charge is 0.468 e. The van der Waals surface area contributed by atoms with Crippen LogP contribution in [0, 0.1) is 5.82 Å². The standard InChI is InChI=1S/C7H6ClFO2/c8-6-2-1-5(11-4-10)3-7(6)9/h1-3,10H,4H2. The third-order valence-corrected chi connectivity index (χ3v) is 1.43. The minimum Gasteiger partial charge on any atom is -0.468 e. The maximum atomic E-state index is 12.6. The molecule has 0 atom stereocenters. The molecule has 0 bridgehead atoms. The number of aliphatic hydroxyl groups is 1. The topological polar surface area (TPSA) is 29.5 Å². The summed E-state index contributed by atoms with van der Waals surface area (Å²) < 4.78 is 17.2. The summed E-state index contributed by atoms with van der Waals surface area (Å²) in [5.74, 6) is -0.299. The van der Waals surface area contributed by atoms with E-state index in [2.05, 4.69) is 4.74 Å². The van der Waals surface area contributed by atoms with E-state index in [1.165, 1.54) is 12.1 Å². The van der Waals surface area contributed by atoms with Crippen LogP contribution in [0.25, 0.3) is 0 Å². The highest BCUT2D eigenvalue weighted by molar-refractivity contribution is 6.30. The Bertz CT molecular complexity index is 252. The van der Waals surface area contributed by atoms with Crippen molar-refractivity contribution in [2.24, 2.45) is 0 Å². The number of benzene rings is 1. The van der Waals surface area contributed by atoms with E-state index in [1.807, 2.05) is 0 Å². The Labute approximate surface area is 68.2 Å². The van der Waals surface area contributed by atoms with Gasteiger partial charge in [0.15, 0.2) is 6.79 Å². The van der Waals surface area contributed by atoms with Gasteiger partial charge in [-0.2, -0.15) is 0 Å². The van der Waals surface area contributed by atoms with E-state index in [1.54, 1.807) is 0 Å². The summed E-state index contributed by atoms with van der Waals surface area (Å²) in [6, 6.07) is 3.95. The predicted octanol–water partition coefficient (Wildman–Crippen LogP) is 1.81. The second-order valence-corrected chi connectivity index (χ2v) is 2.26. The Balaban J connectivity index is 2.86. The van der Waals surface area contributed by atoms with Gasteiger partial charge in [0, 0.05) is 6.07 Å². The van der Waals surface area contributed by atoms with Crippen molar-refractivity contribution in [2.45, 2.75) is 0 Å². The van der Waals surface area contributed by atoms with E-state index in [0.29, 0.717) is 0 Å². The van der Waals surface area contributed by atoms with Gasteiger partial charge < -0.3 is 9.84 Å². The molecule has 0 fully saturated rings. The normalized spacial score (nSPS) is 9.73. The van der Waals surface area contributed by atoms with Crippen LogP contribution in [-0.4, -0.2) is 11.9 Å². The molecule has 0 aliphatic rings. The van der Waals surface area contributed by atoms with Crippen molar-refractivity contribution >= 4 is 11.6 Å². The van der Waals surface area contributed by atoms with Crippen molar-refractivity contribution in [2.75, 3.05) is 6.79 Å². The molecule has 60 valence electrons. The van der Waals surface area contributed by atoms with Gasteiger partial charge >= 0.3 is 0 Å². The van der Waals surface area contributed by atoms with Crippen molar-refractivity contribution in [3.8, 4) is 5.75 Å². The zero-order valence-electron chi connectivity index (χ0n) is 5.55. The lowest BCUT2D eigenvalue weighted by Crippen LogP contribution is -1.94. The highest BCUT2D eigenvalue weighted by atomic mass is 35.5. The Hall–Kier alpha value is -0.800. The van der Waals surface area contributed by atoms with Gasteiger partial charge in [-0.15, -0.1) is 0 Å². The zero-order chi connectivity index (χ0) is 8.27. The lowest BCUT2D eigenvalue weighted by atomic mass is 10.3. The number of rotatable bonds is 2. The van der Waals surface area contributed by atoms with Crippen LogP contribution in [0.4, 0.5) is 4.39 Å². The maximum Gasteiger partial charge on any atom is 0.186 e. The highest BCUT2D eigenvalue weighted by Crippen LogP contribution is 2.19. The van der Waals surface area contributed by atoms with Crippen LogP contribution in [0.3, 0.4) is 0 Å². The van der Waals surface area contributed by atoms with Crippen LogP contribution in [0.2, 0.25) is 5.02 Å². The molecule has 1 N–H and O–H groups in total. The summed E-state index contributed by atoms with van der Waals surface area (Å²) in [5, 5.41) is 8.34. The van der Waals surface area contributed by atoms with Gasteiger partial charge in [0.05, 0.1) is 5.02 Å². The summed E-state index contributed by atoms with van der Waals surface area (Å²) in [7, 11) is 0. The van der Waals surface area contributed by atoms with Crippen LogP contribution in [0.5, 0.6) is 5.75 Å². The minimum absolute atomic E-state index is 0.0373. The molecule has 0 aliphatic carbocycles. The molecule has 0 heterocycles. The number of aliphatic hydroxyl groups excluding tert-OH is 1. The first-order valence-electron chi connectivity index (χ1n) is 2.93. The molecule has 1 aromatic rings. The van der Waals surface area contributed by atoms with Crippen LogP contribution < -0.4 is 4.74 Å². The zero-order valence-corrected chi connectivity index (χ0v) is 6.31. The first-order valence-corrected chi connectivity index (χ1v) is 3.30. The highest BCUT2D eigenvalue weighted by Gasteiger charge is 2.00. The smallest absolute Gasteiger partial charge is 0.186 e. The van der Waals surface area contributed by atoms with Gasteiger partial charge in [-0.1, -0.05) is 11.6 Å². The van der Waals surface area contributed by atoms with E-state index in [-0.39, 0.29) is 10.8 Å². The lowest BCUT2D eigenvalue weighted by Gasteiger charge is -2.01. The number of hydrogen-bond acceptors (Lipinski definition) is 2. The molecule has 2 nitrogen and oxygen atoms in total. The van der Waals surface area contributed by atoms with Crippen LogP contribution in [-0.2, 0) is 0 Å². The van der Waals surface area contributed by atoms with Gasteiger partial charge in [-0.3, -0.25) is 0 Å². The Kier molecular flexibility index (Phi) is 2.68. The molecule has 1 rings (SSSR count). The van der Waals surface area contributed by atoms with Crippen LogP contribution in [0.15, 0.2) is 18.2 Å². The lowest BCUT2D eigenvalue weighted by molar-refractivity contribution is 0.0982. The number of ether oxygens (including phenoxy) is 1. The number of hydrogen-bond donors (Lipinski definition) is 1. The van der Waals surface area contributed by atoms with Gasteiger partial charge in [0.2, 0.25) is 0 Å². The van der Waals surface area contributed by atoms with Crippen molar-refractivity contribution in [3.05, 3.63) is 29.0 Å². The van der Waals surface area contributed by atoms with Crippen LogP contribution in [0.1, 0.15) is 0 Å². The predicted molar refractivity (Wildman–Crippen MR) is 39.1 cm³/mol. The Morgan fingerprint density at radius 3 is 2.82 bits per heavy atom. The fourth-order valence-corrected chi connectivity index (χ4v) is 0.759. The molecule has 0 aromatic heterocycles. The Morgan fingerprint density at radius 1 is 1.55 bits per heavy atom. The fraction of sp³-hybridized carbons (Fsp3) is 0.143. The third kappa shape index (κ3) is 2.06. The Morgan fingerprint density at radius 2 is 2.27 bits per heavy atom. The SMILES string of the molecule is OCOc1ccc(Cl)c(F)c1. The van der Waals surface area contributed by atoms with Gasteiger partial charge in [0.25, 0.3) is 0 Å². The molecule has 0 radical (unpaired) electrons. The second kappa shape index (κ2) is 3.55. The van der Waals surface area contributed by atoms with Crippen molar-refractivity contribution < 1.29 is 14.2 Å². The summed E-state index contributed by atoms with van der Waals surface area (Å²) in [4.78, 5) is 0. The average Bonchev–Trinajstić information content (AvgIpc) is 1.98. The van der Waals surface area contributed by atoms with E-state index in [4.69, 9.17) is 16.7 Å². The van der Waals surface area contributed by atoms with Crippen molar-refractivity contribution in [1.82, 2.24) is 0 Å². The summed E-state index contributed by atoms with van der Waals surface area (Å²) >= 11 is 5.39. The van der Waals surface area contributed by atoms with Gasteiger partial charge in [0.1, 0.15) is 11.6 Å². The molecule has 0 unspecified atom stereocenters. The molecule has 0 saturated heterocycles. The molecule has 0 aliphatic heterocycles. The molecule has 0 spiro atoms. The minimum atomic E-state index is -0.558. The van der Waals surface area contributed by atoms with E-state index in [9.17, 15) is 4.39 Å². The molecular weight excluding hydrogens is 171 g/mol. The molecule has 4 heteroatoms.